The van der Waals surface area contributed by atoms with Gasteiger partial charge in [0.25, 0.3) is 0 Å². The molecule has 1 rings (SSSR count). The smallest absolute Gasteiger partial charge is 0.191 e. The topological polar surface area (TPSA) is 48.9 Å². The van der Waals surface area contributed by atoms with Crippen LogP contribution in [0.2, 0.25) is 0 Å². The fourth-order valence-electron chi connectivity index (χ4n) is 3.17. The van der Waals surface area contributed by atoms with E-state index in [2.05, 4.69) is 60.4 Å². The van der Waals surface area contributed by atoms with Gasteiger partial charge < -0.3 is 20.3 Å². The molecule has 2 unspecified atom stereocenters. The molecule has 1 aromatic carbocycles. The molecule has 0 aliphatic rings. The maximum absolute atomic E-state index is 5.23. The molecule has 0 aromatic heterocycles. The van der Waals surface area contributed by atoms with Crippen molar-refractivity contribution in [3.63, 3.8) is 0 Å². The zero-order valence-electron chi connectivity index (χ0n) is 18.6. The van der Waals surface area contributed by atoms with E-state index >= 15 is 0 Å². The summed E-state index contributed by atoms with van der Waals surface area (Å²) >= 11 is 0. The maximum Gasteiger partial charge on any atom is 0.191 e. The minimum absolute atomic E-state index is 0. The molecule has 2 N–H and O–H groups in total. The lowest BCUT2D eigenvalue weighted by atomic mass is 9.98. The van der Waals surface area contributed by atoms with E-state index in [9.17, 15) is 0 Å². The number of benzene rings is 1. The summed E-state index contributed by atoms with van der Waals surface area (Å²) in [5, 5.41) is 6.96. The van der Waals surface area contributed by atoms with Gasteiger partial charge >= 0.3 is 0 Å². The van der Waals surface area contributed by atoms with E-state index in [1.165, 1.54) is 18.5 Å². The SMILES string of the molecule is CCN(CC)CCCC(C)NC(=NC)NCCC(C)c1ccc(OC)cc1.I. The number of nitrogens with zero attached hydrogens (tertiary/aromatic N) is 2. The van der Waals surface area contributed by atoms with Gasteiger partial charge in [0.1, 0.15) is 5.75 Å². The normalized spacial score (nSPS) is 13.6. The molecule has 0 saturated heterocycles. The lowest BCUT2D eigenvalue weighted by molar-refractivity contribution is 0.292. The van der Waals surface area contributed by atoms with E-state index in [-0.39, 0.29) is 24.0 Å². The first-order valence-corrected chi connectivity index (χ1v) is 10.4. The van der Waals surface area contributed by atoms with Gasteiger partial charge in [-0.3, -0.25) is 4.99 Å². The molecule has 0 fully saturated rings. The van der Waals surface area contributed by atoms with Gasteiger partial charge in [-0.2, -0.15) is 0 Å². The Morgan fingerprint density at radius 3 is 2.29 bits per heavy atom. The Bertz CT molecular complexity index is 532. The van der Waals surface area contributed by atoms with Crippen LogP contribution in [0, 0.1) is 0 Å². The zero-order valence-corrected chi connectivity index (χ0v) is 21.0. The van der Waals surface area contributed by atoms with Crippen LogP contribution < -0.4 is 15.4 Å². The Balaban J connectivity index is 0.00000729. The lowest BCUT2D eigenvalue weighted by Crippen LogP contribution is -2.43. The highest BCUT2D eigenvalue weighted by Crippen LogP contribution is 2.21. The number of nitrogens with one attached hydrogen (secondary N) is 2. The second-order valence-corrected chi connectivity index (χ2v) is 7.18. The van der Waals surface area contributed by atoms with Crippen LogP contribution in [-0.2, 0) is 0 Å². The van der Waals surface area contributed by atoms with Crippen LogP contribution in [0.1, 0.15) is 58.4 Å². The highest BCUT2D eigenvalue weighted by Gasteiger charge is 2.09. The standard InChI is InChI=1S/C22H40N4O.HI/c1-7-26(8-2)17-9-10-19(4)25-22(23-5)24-16-15-18(3)20-11-13-21(27-6)14-12-20;/h11-14,18-19H,7-10,15-17H2,1-6H3,(H2,23,24,25);1H. The van der Waals surface area contributed by atoms with Gasteiger partial charge in [0, 0.05) is 19.6 Å². The fraction of sp³-hybridized carbons (Fsp3) is 0.682. The van der Waals surface area contributed by atoms with Crippen LogP contribution in [0.4, 0.5) is 0 Å². The molecular weight excluding hydrogens is 463 g/mol. The Labute approximate surface area is 189 Å². The predicted octanol–water partition coefficient (Wildman–Crippen LogP) is 4.48. The summed E-state index contributed by atoms with van der Waals surface area (Å²) < 4.78 is 5.23. The summed E-state index contributed by atoms with van der Waals surface area (Å²) in [5.41, 5.74) is 1.34. The second-order valence-electron chi connectivity index (χ2n) is 7.18. The molecule has 6 heteroatoms. The molecule has 28 heavy (non-hydrogen) atoms. The Morgan fingerprint density at radius 2 is 1.75 bits per heavy atom. The number of methoxy groups -OCH3 is 1. The van der Waals surface area contributed by atoms with E-state index in [1.807, 2.05) is 19.2 Å². The zero-order chi connectivity index (χ0) is 20.1. The predicted molar refractivity (Wildman–Crippen MR) is 132 cm³/mol. The summed E-state index contributed by atoms with van der Waals surface area (Å²) in [6, 6.07) is 8.77. The molecule has 5 nitrogen and oxygen atoms in total. The van der Waals surface area contributed by atoms with E-state index < -0.39 is 0 Å². The molecule has 0 amide bonds. The van der Waals surface area contributed by atoms with Crippen LogP contribution >= 0.6 is 24.0 Å². The monoisotopic (exact) mass is 504 g/mol. The van der Waals surface area contributed by atoms with Gasteiger partial charge in [0.05, 0.1) is 7.11 Å². The van der Waals surface area contributed by atoms with Gasteiger partial charge in [0.2, 0.25) is 0 Å². The van der Waals surface area contributed by atoms with Crippen molar-refractivity contribution in [3.8, 4) is 5.75 Å². The number of guanidine groups is 1. The maximum atomic E-state index is 5.23. The van der Waals surface area contributed by atoms with E-state index in [0.717, 1.165) is 44.2 Å². The molecular formula is C22H41IN4O. The number of rotatable bonds is 12. The van der Waals surface area contributed by atoms with Crippen LogP contribution in [0.25, 0.3) is 0 Å². The third kappa shape index (κ3) is 10.5. The van der Waals surface area contributed by atoms with Gasteiger partial charge in [0.15, 0.2) is 5.96 Å². The minimum atomic E-state index is 0. The third-order valence-electron chi connectivity index (χ3n) is 5.17. The largest absolute Gasteiger partial charge is 0.497 e. The minimum Gasteiger partial charge on any atom is -0.497 e. The average Bonchev–Trinajstić information content (AvgIpc) is 2.70. The summed E-state index contributed by atoms with van der Waals surface area (Å²) in [7, 11) is 3.54. The molecule has 0 bridgehead atoms. The van der Waals surface area contributed by atoms with Gasteiger partial charge in [-0.1, -0.05) is 32.9 Å². The van der Waals surface area contributed by atoms with Gasteiger partial charge in [-0.25, -0.2) is 0 Å². The highest BCUT2D eigenvalue weighted by atomic mass is 127. The summed E-state index contributed by atoms with van der Waals surface area (Å²) in [5.74, 6) is 2.30. The molecule has 0 radical (unpaired) electrons. The third-order valence-corrected chi connectivity index (χ3v) is 5.17. The van der Waals surface area contributed by atoms with Crippen molar-refractivity contribution >= 4 is 29.9 Å². The van der Waals surface area contributed by atoms with E-state index in [4.69, 9.17) is 4.74 Å². The molecule has 162 valence electrons. The number of hydrogen-bond acceptors (Lipinski definition) is 3. The number of halogens is 1. The molecule has 0 aliphatic heterocycles. The van der Waals surface area contributed by atoms with E-state index in [1.54, 1.807) is 7.11 Å². The quantitative estimate of drug-likeness (QED) is 0.250. The number of hydrogen-bond donors (Lipinski definition) is 2. The van der Waals surface area contributed by atoms with E-state index in [0.29, 0.717) is 12.0 Å². The second kappa shape index (κ2) is 15.9. The van der Waals surface area contributed by atoms with Crippen molar-refractivity contribution in [2.45, 2.75) is 58.9 Å². The molecule has 0 saturated carbocycles. The summed E-state index contributed by atoms with van der Waals surface area (Å²) in [6.45, 7) is 13.3. The van der Waals surface area contributed by atoms with Crippen LogP contribution in [0.15, 0.2) is 29.3 Å². The first-order valence-electron chi connectivity index (χ1n) is 10.4. The molecule has 0 spiro atoms. The average molecular weight is 505 g/mol. The van der Waals surface area contributed by atoms with Crippen molar-refractivity contribution in [1.29, 1.82) is 0 Å². The Hall–Kier alpha value is -1.02. The highest BCUT2D eigenvalue weighted by molar-refractivity contribution is 14.0. The first kappa shape index (κ1) is 27.0. The van der Waals surface area contributed by atoms with Crippen LogP contribution in [0.5, 0.6) is 5.75 Å². The van der Waals surface area contributed by atoms with Gasteiger partial charge in [-0.15, -0.1) is 24.0 Å². The van der Waals surface area contributed by atoms with Crippen LogP contribution in [0.3, 0.4) is 0 Å². The molecule has 0 aliphatic carbocycles. The van der Waals surface area contributed by atoms with Crippen LogP contribution in [-0.4, -0.2) is 57.2 Å². The van der Waals surface area contributed by atoms with Crippen molar-refractivity contribution < 1.29 is 4.74 Å². The molecule has 2 atom stereocenters. The Morgan fingerprint density at radius 1 is 1.11 bits per heavy atom. The van der Waals surface area contributed by atoms with Crippen molar-refractivity contribution in [3.05, 3.63) is 29.8 Å². The lowest BCUT2D eigenvalue weighted by Gasteiger charge is -2.21. The number of aliphatic imine (C=N–C) groups is 1. The summed E-state index contributed by atoms with van der Waals surface area (Å²) in [6.07, 6.45) is 3.42. The van der Waals surface area contributed by atoms with Crippen molar-refractivity contribution in [2.75, 3.05) is 40.3 Å². The van der Waals surface area contributed by atoms with Gasteiger partial charge in [-0.05, 0) is 69.4 Å². The fourth-order valence-corrected chi connectivity index (χ4v) is 3.17. The molecule has 0 heterocycles. The first-order chi connectivity index (χ1) is 13.0. The van der Waals surface area contributed by atoms with Crippen molar-refractivity contribution in [1.82, 2.24) is 15.5 Å². The summed E-state index contributed by atoms with van der Waals surface area (Å²) in [4.78, 5) is 6.84. The Kier molecular flexibility index (Phi) is 15.3. The molecule has 1 aromatic rings. The van der Waals surface area contributed by atoms with Crippen molar-refractivity contribution in [2.24, 2.45) is 4.99 Å². The number of ether oxygens (including phenoxy) is 1.